The molecular weight excluding hydrogens is 408 g/mol. The molecule has 0 radical (unpaired) electrons. The van der Waals surface area contributed by atoms with Crippen molar-refractivity contribution in [2.75, 3.05) is 44.3 Å². The average molecular weight is 447 g/mol. The standard InChI is InChI=1S/C24H38N2O2SSi/c1-7-25-13-14-26(21-12-17-29-19-21)23(18-25)20-8-10-22(11-9-20)27-15-16-28-30(5,6)24(2,3)4/h8-12,17,19,23H,7,13-16,18H2,1-6H3. The maximum Gasteiger partial charge on any atom is 0.192 e. The van der Waals surface area contributed by atoms with Crippen LogP contribution in [-0.2, 0) is 4.43 Å². The van der Waals surface area contributed by atoms with E-state index in [-0.39, 0.29) is 5.04 Å². The summed E-state index contributed by atoms with van der Waals surface area (Å²) in [6.07, 6.45) is 0. The van der Waals surface area contributed by atoms with Crippen molar-refractivity contribution in [1.29, 1.82) is 0 Å². The molecule has 1 fully saturated rings. The van der Waals surface area contributed by atoms with E-state index in [9.17, 15) is 0 Å². The predicted octanol–water partition coefficient (Wildman–Crippen LogP) is 6.03. The van der Waals surface area contributed by atoms with E-state index in [1.165, 1.54) is 11.3 Å². The highest BCUT2D eigenvalue weighted by Gasteiger charge is 2.37. The van der Waals surface area contributed by atoms with Gasteiger partial charge in [-0.1, -0.05) is 39.8 Å². The molecule has 1 aliphatic heterocycles. The molecule has 2 heterocycles. The second-order valence-corrected chi connectivity index (χ2v) is 15.2. The van der Waals surface area contributed by atoms with E-state index in [0.29, 0.717) is 19.3 Å². The Morgan fingerprint density at radius 2 is 1.80 bits per heavy atom. The number of piperazine rings is 1. The number of anilines is 1. The summed E-state index contributed by atoms with van der Waals surface area (Å²) in [6.45, 7) is 19.2. The summed E-state index contributed by atoms with van der Waals surface area (Å²) in [5, 5.41) is 4.66. The van der Waals surface area contributed by atoms with Crippen LogP contribution in [0.25, 0.3) is 0 Å². The summed E-state index contributed by atoms with van der Waals surface area (Å²) >= 11 is 1.77. The zero-order valence-electron chi connectivity index (χ0n) is 19.5. The van der Waals surface area contributed by atoms with Crippen LogP contribution in [0.2, 0.25) is 18.1 Å². The van der Waals surface area contributed by atoms with E-state index < -0.39 is 8.32 Å². The van der Waals surface area contributed by atoms with Crippen LogP contribution < -0.4 is 9.64 Å². The van der Waals surface area contributed by atoms with Crippen LogP contribution in [0.3, 0.4) is 0 Å². The van der Waals surface area contributed by atoms with Gasteiger partial charge < -0.3 is 14.1 Å². The first-order valence-electron chi connectivity index (χ1n) is 11.1. The normalized spacial score (nSPS) is 18.6. The summed E-state index contributed by atoms with van der Waals surface area (Å²) < 4.78 is 12.2. The molecule has 6 heteroatoms. The number of hydrogen-bond donors (Lipinski definition) is 0. The van der Waals surface area contributed by atoms with Gasteiger partial charge >= 0.3 is 0 Å². The second kappa shape index (κ2) is 9.85. The third kappa shape index (κ3) is 5.66. The topological polar surface area (TPSA) is 24.9 Å². The molecule has 0 aliphatic carbocycles. The SMILES string of the molecule is CCN1CCN(c2ccsc2)C(c2ccc(OCCO[Si](C)(C)C(C)(C)C)cc2)C1. The minimum absolute atomic E-state index is 0.231. The second-order valence-electron chi connectivity index (χ2n) is 9.61. The van der Waals surface area contributed by atoms with Gasteiger partial charge in [0, 0.05) is 30.7 Å². The zero-order valence-corrected chi connectivity index (χ0v) is 21.3. The van der Waals surface area contributed by atoms with Crippen molar-refractivity contribution in [3.8, 4) is 5.75 Å². The minimum Gasteiger partial charge on any atom is -0.491 e. The third-order valence-electron chi connectivity index (χ3n) is 6.64. The molecule has 1 saturated heterocycles. The van der Waals surface area contributed by atoms with Gasteiger partial charge in [0.2, 0.25) is 0 Å². The summed E-state index contributed by atoms with van der Waals surface area (Å²) in [4.78, 5) is 5.09. The molecule has 3 rings (SSSR count). The zero-order chi connectivity index (χ0) is 21.8. The predicted molar refractivity (Wildman–Crippen MR) is 132 cm³/mol. The Bertz CT molecular complexity index is 772. The molecule has 1 unspecified atom stereocenters. The lowest BCUT2D eigenvalue weighted by atomic mass is 10.0. The van der Waals surface area contributed by atoms with E-state index in [4.69, 9.17) is 9.16 Å². The van der Waals surface area contributed by atoms with Crippen LogP contribution in [-0.4, -0.2) is 52.6 Å². The number of nitrogens with zero attached hydrogens (tertiary/aromatic N) is 2. The summed E-state index contributed by atoms with van der Waals surface area (Å²) in [5.74, 6) is 0.919. The lowest BCUT2D eigenvalue weighted by Crippen LogP contribution is -2.48. The van der Waals surface area contributed by atoms with Gasteiger partial charge in [0.05, 0.1) is 12.6 Å². The lowest BCUT2D eigenvalue weighted by molar-refractivity contribution is 0.203. The minimum atomic E-state index is -1.71. The first-order chi connectivity index (χ1) is 14.2. The number of ether oxygens (including phenoxy) is 1. The highest BCUT2D eigenvalue weighted by molar-refractivity contribution is 7.08. The Morgan fingerprint density at radius 3 is 2.40 bits per heavy atom. The molecule has 1 aliphatic rings. The molecule has 0 spiro atoms. The highest BCUT2D eigenvalue weighted by Crippen LogP contribution is 2.36. The lowest BCUT2D eigenvalue weighted by Gasteiger charge is -2.42. The van der Waals surface area contributed by atoms with Gasteiger partial charge in [-0.3, -0.25) is 4.90 Å². The first kappa shape index (κ1) is 23.3. The van der Waals surface area contributed by atoms with Gasteiger partial charge in [0.1, 0.15) is 12.4 Å². The van der Waals surface area contributed by atoms with Gasteiger partial charge in [0.15, 0.2) is 8.32 Å². The Labute approximate surface area is 187 Å². The largest absolute Gasteiger partial charge is 0.491 e. The van der Waals surface area contributed by atoms with Crippen LogP contribution in [0.1, 0.15) is 39.3 Å². The van der Waals surface area contributed by atoms with E-state index >= 15 is 0 Å². The van der Waals surface area contributed by atoms with Crippen molar-refractivity contribution >= 4 is 25.3 Å². The van der Waals surface area contributed by atoms with Crippen LogP contribution in [0.4, 0.5) is 5.69 Å². The van der Waals surface area contributed by atoms with Crippen molar-refractivity contribution < 1.29 is 9.16 Å². The van der Waals surface area contributed by atoms with Crippen molar-refractivity contribution in [2.45, 2.75) is 51.9 Å². The maximum absolute atomic E-state index is 6.22. The third-order valence-corrected chi connectivity index (χ3v) is 11.8. The Balaban J connectivity index is 1.59. The van der Waals surface area contributed by atoms with E-state index in [2.05, 4.69) is 91.7 Å². The number of thiophene rings is 1. The van der Waals surface area contributed by atoms with Gasteiger partial charge in [-0.15, -0.1) is 0 Å². The van der Waals surface area contributed by atoms with Gasteiger partial charge in [-0.25, -0.2) is 0 Å². The number of hydrogen-bond acceptors (Lipinski definition) is 5. The van der Waals surface area contributed by atoms with Crippen molar-refractivity contribution in [3.05, 3.63) is 46.7 Å². The molecule has 166 valence electrons. The molecule has 0 amide bonds. The van der Waals surface area contributed by atoms with Crippen LogP contribution in [0, 0.1) is 0 Å². The number of benzene rings is 1. The fourth-order valence-electron chi connectivity index (χ4n) is 3.60. The van der Waals surface area contributed by atoms with Crippen LogP contribution >= 0.6 is 11.3 Å². The fourth-order valence-corrected chi connectivity index (χ4v) is 5.28. The highest BCUT2D eigenvalue weighted by atomic mass is 32.1. The van der Waals surface area contributed by atoms with Crippen molar-refractivity contribution in [3.63, 3.8) is 0 Å². The van der Waals surface area contributed by atoms with Crippen LogP contribution in [0.15, 0.2) is 41.1 Å². The first-order valence-corrected chi connectivity index (χ1v) is 14.9. The Kier molecular flexibility index (Phi) is 7.66. The van der Waals surface area contributed by atoms with Crippen molar-refractivity contribution in [2.24, 2.45) is 0 Å². The molecule has 0 saturated carbocycles. The monoisotopic (exact) mass is 446 g/mol. The summed E-state index contributed by atoms with van der Waals surface area (Å²) in [5.41, 5.74) is 2.69. The molecule has 4 nitrogen and oxygen atoms in total. The molecule has 30 heavy (non-hydrogen) atoms. The molecule has 0 N–H and O–H groups in total. The Morgan fingerprint density at radius 1 is 1.07 bits per heavy atom. The molecule has 2 aromatic rings. The number of likely N-dealkylation sites (N-methyl/N-ethyl adjacent to an activating group) is 1. The molecule has 1 aromatic carbocycles. The van der Waals surface area contributed by atoms with E-state index in [1.807, 2.05) is 0 Å². The van der Waals surface area contributed by atoms with E-state index in [1.54, 1.807) is 11.3 Å². The quantitative estimate of drug-likeness (QED) is 0.365. The molecule has 1 aromatic heterocycles. The summed E-state index contributed by atoms with van der Waals surface area (Å²) in [6, 6.07) is 11.3. The van der Waals surface area contributed by atoms with Crippen molar-refractivity contribution in [1.82, 2.24) is 4.90 Å². The maximum atomic E-state index is 6.22. The van der Waals surface area contributed by atoms with Crippen LogP contribution in [0.5, 0.6) is 5.75 Å². The molecule has 1 atom stereocenters. The van der Waals surface area contributed by atoms with Gasteiger partial charge in [0.25, 0.3) is 0 Å². The molecular formula is C24H38N2O2SSi. The number of rotatable bonds is 8. The average Bonchev–Trinajstić information content (AvgIpc) is 3.25. The van der Waals surface area contributed by atoms with Gasteiger partial charge in [-0.2, -0.15) is 11.3 Å². The van der Waals surface area contributed by atoms with Gasteiger partial charge in [-0.05, 0) is 53.8 Å². The van der Waals surface area contributed by atoms with E-state index in [0.717, 1.165) is 31.9 Å². The molecule has 0 bridgehead atoms. The smallest absolute Gasteiger partial charge is 0.192 e. The summed E-state index contributed by atoms with van der Waals surface area (Å²) in [7, 11) is -1.71. The Hall–Kier alpha value is -1.34. The fraction of sp³-hybridized carbons (Fsp3) is 0.583.